The van der Waals surface area contributed by atoms with Gasteiger partial charge in [0.15, 0.2) is 11.3 Å². The molecular formula is C23H23F2NO5. The van der Waals surface area contributed by atoms with E-state index in [1.165, 1.54) is 12.1 Å². The first-order valence-electron chi connectivity index (χ1n) is 9.59. The first-order valence-corrected chi connectivity index (χ1v) is 9.59. The van der Waals surface area contributed by atoms with Crippen LogP contribution < -0.4 is 10.1 Å². The molecule has 1 saturated heterocycles. The predicted octanol–water partition coefficient (Wildman–Crippen LogP) is 4.34. The lowest BCUT2D eigenvalue weighted by molar-refractivity contribution is -0.262. The van der Waals surface area contributed by atoms with Crippen molar-refractivity contribution in [1.29, 1.82) is 0 Å². The lowest BCUT2D eigenvalue weighted by Gasteiger charge is -2.40. The third-order valence-electron chi connectivity index (χ3n) is 4.61. The van der Waals surface area contributed by atoms with E-state index in [4.69, 9.17) is 19.3 Å². The Kier molecular flexibility index (Phi) is 6.78. The van der Waals surface area contributed by atoms with E-state index in [1.54, 1.807) is 19.9 Å². The smallest absolute Gasteiger partial charge is 0.406 e. The fourth-order valence-corrected chi connectivity index (χ4v) is 2.91. The van der Waals surface area contributed by atoms with Crippen molar-refractivity contribution in [2.45, 2.75) is 38.2 Å². The van der Waals surface area contributed by atoms with Gasteiger partial charge in [-0.15, -0.1) is 0 Å². The van der Waals surface area contributed by atoms with Crippen molar-refractivity contribution in [3.05, 3.63) is 65.2 Å². The van der Waals surface area contributed by atoms with Crippen molar-refractivity contribution in [2.75, 3.05) is 13.2 Å². The lowest BCUT2D eigenvalue weighted by Crippen LogP contribution is -2.60. The number of rotatable bonds is 5. The van der Waals surface area contributed by atoms with Crippen LogP contribution in [0.4, 0.5) is 13.6 Å². The van der Waals surface area contributed by atoms with E-state index in [9.17, 15) is 13.6 Å². The zero-order valence-corrected chi connectivity index (χ0v) is 17.2. The second kappa shape index (κ2) is 9.33. The molecule has 0 radical (unpaired) electrons. The van der Waals surface area contributed by atoms with Crippen LogP contribution in [0.5, 0.6) is 5.75 Å². The zero-order valence-electron chi connectivity index (χ0n) is 17.2. The summed E-state index contributed by atoms with van der Waals surface area (Å²) >= 11 is 0. The van der Waals surface area contributed by atoms with Gasteiger partial charge in [0, 0.05) is 5.56 Å². The Balaban J connectivity index is 1.82. The number of hydrogen-bond acceptors (Lipinski definition) is 4. The van der Waals surface area contributed by atoms with Gasteiger partial charge in [-0.25, -0.2) is 13.6 Å². The number of carbonyl (C=O) groups is 1. The average molecular weight is 431 g/mol. The third-order valence-corrected chi connectivity index (χ3v) is 4.61. The fourth-order valence-electron chi connectivity index (χ4n) is 2.91. The minimum absolute atomic E-state index is 0.0424. The first kappa shape index (κ1) is 22.5. The summed E-state index contributed by atoms with van der Waals surface area (Å²) in [6, 6.07) is 13.4. The Bertz CT molecular complexity index is 972. The molecule has 1 aliphatic rings. The highest BCUT2D eigenvalue weighted by atomic mass is 19.3. The van der Waals surface area contributed by atoms with Crippen LogP contribution in [0.1, 0.15) is 37.0 Å². The van der Waals surface area contributed by atoms with Crippen LogP contribution in [0.3, 0.4) is 0 Å². The molecule has 31 heavy (non-hydrogen) atoms. The van der Waals surface area contributed by atoms with Crippen molar-refractivity contribution < 1.29 is 32.9 Å². The highest BCUT2D eigenvalue weighted by Gasteiger charge is 2.40. The van der Waals surface area contributed by atoms with Gasteiger partial charge in [0.05, 0.1) is 18.8 Å². The molecule has 0 spiro atoms. The Labute approximate surface area is 179 Å². The molecule has 0 atom stereocenters. The van der Waals surface area contributed by atoms with Gasteiger partial charge in [0.2, 0.25) is 0 Å². The number of hydrogen-bond donors (Lipinski definition) is 2. The molecule has 0 saturated carbocycles. The first-order chi connectivity index (χ1) is 14.7. The largest absolute Gasteiger partial charge is 0.488 e. The van der Waals surface area contributed by atoms with E-state index in [-0.39, 0.29) is 31.1 Å². The summed E-state index contributed by atoms with van der Waals surface area (Å²) in [6.07, 6.45) is -4.06. The quantitative estimate of drug-likeness (QED) is 0.689. The number of benzene rings is 2. The van der Waals surface area contributed by atoms with Crippen LogP contribution in [-0.2, 0) is 16.1 Å². The minimum Gasteiger partial charge on any atom is -0.488 e. The Hall–Kier alpha value is -3.15. The van der Waals surface area contributed by atoms with E-state index in [1.807, 2.05) is 30.3 Å². The molecule has 0 bridgehead atoms. The van der Waals surface area contributed by atoms with Crippen molar-refractivity contribution in [1.82, 2.24) is 5.32 Å². The molecule has 3 rings (SSSR count). The third kappa shape index (κ3) is 6.17. The maximum absolute atomic E-state index is 13.6. The summed E-state index contributed by atoms with van der Waals surface area (Å²) in [5.74, 6) is 4.74. The van der Waals surface area contributed by atoms with Gasteiger partial charge in [0.25, 0.3) is 6.43 Å². The van der Waals surface area contributed by atoms with Gasteiger partial charge < -0.3 is 24.6 Å². The number of carboxylic acid groups (broad SMARTS) is 1. The maximum Gasteiger partial charge on any atom is 0.406 e. The molecule has 1 aliphatic heterocycles. The van der Waals surface area contributed by atoms with Crippen LogP contribution >= 0.6 is 0 Å². The number of halogens is 2. The van der Waals surface area contributed by atoms with Gasteiger partial charge >= 0.3 is 6.09 Å². The van der Waals surface area contributed by atoms with Gasteiger partial charge in [-0.1, -0.05) is 42.2 Å². The van der Waals surface area contributed by atoms with Crippen molar-refractivity contribution in [2.24, 2.45) is 0 Å². The molecule has 1 heterocycles. The van der Waals surface area contributed by atoms with Gasteiger partial charge in [-0.3, -0.25) is 0 Å². The second-order valence-corrected chi connectivity index (χ2v) is 7.57. The average Bonchev–Trinajstić information content (AvgIpc) is 2.73. The molecule has 6 nitrogen and oxygen atoms in total. The number of amides is 1. The fraction of sp³-hybridized carbons (Fsp3) is 0.348. The standard InChI is InChI=1S/C23H23F2NO5/c1-22(2)30-14-23(15-31-22,26-21(27)28)11-10-16-8-9-19(18(12-16)20(24)25)29-13-17-6-4-3-5-7-17/h3-9,12,20,26H,13-15H2,1-2H3,(H,27,28). The number of alkyl halides is 2. The highest BCUT2D eigenvalue weighted by Crippen LogP contribution is 2.31. The van der Waals surface area contributed by atoms with E-state index in [0.717, 1.165) is 5.56 Å². The SMILES string of the molecule is CC1(C)OCC(C#Cc2ccc(OCc3ccccc3)c(C(F)F)c2)(NC(=O)O)CO1. The number of nitrogens with one attached hydrogen (secondary N) is 1. The van der Waals surface area contributed by atoms with Crippen LogP contribution in [-0.4, -0.2) is 35.7 Å². The molecule has 2 aromatic carbocycles. The second-order valence-electron chi connectivity index (χ2n) is 7.57. The monoisotopic (exact) mass is 431 g/mol. The van der Waals surface area contributed by atoms with Crippen molar-refractivity contribution in [3.8, 4) is 17.6 Å². The lowest BCUT2D eigenvalue weighted by atomic mass is 10.00. The summed E-state index contributed by atoms with van der Waals surface area (Å²) in [7, 11) is 0. The van der Waals surface area contributed by atoms with Crippen LogP contribution in [0.2, 0.25) is 0 Å². The summed E-state index contributed by atoms with van der Waals surface area (Å²) < 4.78 is 43.8. The van der Waals surface area contributed by atoms with E-state index in [0.29, 0.717) is 5.56 Å². The van der Waals surface area contributed by atoms with Crippen LogP contribution in [0.15, 0.2) is 48.5 Å². The topological polar surface area (TPSA) is 77.0 Å². The summed E-state index contributed by atoms with van der Waals surface area (Å²) in [6.45, 7) is 3.47. The summed E-state index contributed by atoms with van der Waals surface area (Å²) in [5, 5.41) is 11.5. The minimum atomic E-state index is -2.76. The van der Waals surface area contributed by atoms with Gasteiger partial charge in [-0.2, -0.15) is 0 Å². The molecule has 1 amide bonds. The molecule has 0 aromatic heterocycles. The zero-order chi connectivity index (χ0) is 22.5. The molecule has 164 valence electrons. The predicted molar refractivity (Wildman–Crippen MR) is 109 cm³/mol. The molecule has 2 aromatic rings. The van der Waals surface area contributed by atoms with E-state index in [2.05, 4.69) is 17.2 Å². The molecule has 2 N–H and O–H groups in total. The Morgan fingerprint density at radius 2 is 1.87 bits per heavy atom. The van der Waals surface area contributed by atoms with E-state index < -0.39 is 23.8 Å². The molecule has 1 fully saturated rings. The molecule has 0 aliphatic carbocycles. The summed E-state index contributed by atoms with van der Waals surface area (Å²) in [5.41, 5.74) is -0.457. The van der Waals surface area contributed by atoms with Gasteiger partial charge in [-0.05, 0) is 37.6 Å². The maximum atomic E-state index is 13.6. The molecular weight excluding hydrogens is 408 g/mol. The van der Waals surface area contributed by atoms with E-state index >= 15 is 0 Å². The number of ether oxygens (including phenoxy) is 3. The normalized spacial score (nSPS) is 16.8. The molecule has 0 unspecified atom stereocenters. The van der Waals surface area contributed by atoms with Crippen molar-refractivity contribution >= 4 is 6.09 Å². The van der Waals surface area contributed by atoms with Crippen LogP contribution in [0, 0.1) is 11.8 Å². The highest BCUT2D eigenvalue weighted by molar-refractivity contribution is 5.67. The van der Waals surface area contributed by atoms with Gasteiger partial charge in [0.1, 0.15) is 12.4 Å². The summed E-state index contributed by atoms with van der Waals surface area (Å²) in [4.78, 5) is 11.2. The Morgan fingerprint density at radius 3 is 2.48 bits per heavy atom. The van der Waals surface area contributed by atoms with Crippen molar-refractivity contribution in [3.63, 3.8) is 0 Å². The molecule has 8 heteroatoms. The Morgan fingerprint density at radius 1 is 1.19 bits per heavy atom. The van der Waals surface area contributed by atoms with Crippen LogP contribution in [0.25, 0.3) is 0 Å².